The van der Waals surface area contributed by atoms with E-state index in [4.69, 9.17) is 10.6 Å². The lowest BCUT2D eigenvalue weighted by Crippen LogP contribution is -2.33. The number of hydrogen-bond donors (Lipinski definition) is 2. The van der Waals surface area contributed by atoms with E-state index in [1.807, 2.05) is 14.0 Å². The molecule has 1 aliphatic carbocycles. The third kappa shape index (κ3) is 3.69. The smallest absolute Gasteiger partial charge is 0.323 e. The van der Waals surface area contributed by atoms with Crippen LogP contribution in [0.2, 0.25) is 0 Å². The van der Waals surface area contributed by atoms with E-state index >= 15 is 0 Å². The van der Waals surface area contributed by atoms with Gasteiger partial charge in [0, 0.05) is 13.1 Å². The first kappa shape index (κ1) is 14.8. The summed E-state index contributed by atoms with van der Waals surface area (Å²) in [6, 6.07) is 0.783. The topological polar surface area (TPSA) is 89.2 Å². The summed E-state index contributed by atoms with van der Waals surface area (Å²) in [5.41, 5.74) is 2.47. The molecule has 0 saturated heterocycles. The number of nitrogens with zero attached hydrogens (tertiary/aromatic N) is 4. The van der Waals surface area contributed by atoms with Gasteiger partial charge in [-0.2, -0.15) is 15.0 Å². The van der Waals surface area contributed by atoms with Gasteiger partial charge in [0.1, 0.15) is 0 Å². The molecule has 1 saturated carbocycles. The van der Waals surface area contributed by atoms with Crippen molar-refractivity contribution in [2.45, 2.75) is 51.5 Å². The maximum Gasteiger partial charge on any atom is 0.323 e. The van der Waals surface area contributed by atoms with Crippen LogP contribution in [-0.2, 0) is 0 Å². The summed E-state index contributed by atoms with van der Waals surface area (Å²) in [5.74, 6) is 6.36. The first-order chi connectivity index (χ1) is 9.74. The number of nitrogen functional groups attached to an aromatic ring is 1. The molecule has 0 spiro atoms. The number of nitrogens with one attached hydrogen (secondary N) is 1. The summed E-state index contributed by atoms with van der Waals surface area (Å²) >= 11 is 0. The van der Waals surface area contributed by atoms with Crippen molar-refractivity contribution in [2.24, 2.45) is 5.84 Å². The van der Waals surface area contributed by atoms with Crippen LogP contribution in [0.15, 0.2) is 0 Å². The molecule has 0 amide bonds. The number of rotatable bonds is 5. The number of anilines is 2. The molecule has 20 heavy (non-hydrogen) atoms. The van der Waals surface area contributed by atoms with E-state index in [9.17, 15) is 0 Å². The molecule has 2 rings (SSSR count). The van der Waals surface area contributed by atoms with Crippen molar-refractivity contribution in [1.29, 1.82) is 0 Å². The predicted molar refractivity (Wildman–Crippen MR) is 78.7 cm³/mol. The van der Waals surface area contributed by atoms with E-state index in [2.05, 4.69) is 25.3 Å². The number of hydrazine groups is 1. The van der Waals surface area contributed by atoms with Crippen LogP contribution in [0.5, 0.6) is 6.01 Å². The summed E-state index contributed by atoms with van der Waals surface area (Å²) in [4.78, 5) is 14.9. The predicted octanol–water partition coefficient (Wildman–Crippen LogP) is 1.71. The zero-order valence-electron chi connectivity index (χ0n) is 12.3. The first-order valence-corrected chi connectivity index (χ1v) is 7.33. The fraction of sp³-hybridized carbons (Fsp3) is 0.769. The minimum atomic E-state index is 0.311. The van der Waals surface area contributed by atoms with Crippen molar-refractivity contribution >= 4 is 11.9 Å². The lowest BCUT2D eigenvalue weighted by Gasteiger charge is -2.27. The van der Waals surface area contributed by atoms with Gasteiger partial charge >= 0.3 is 6.01 Å². The molecule has 1 aromatic rings. The molecule has 7 nitrogen and oxygen atoms in total. The summed E-state index contributed by atoms with van der Waals surface area (Å²) < 4.78 is 5.37. The second kappa shape index (κ2) is 7.23. The lowest BCUT2D eigenvalue weighted by molar-refractivity contribution is 0.311. The normalized spacial score (nSPS) is 16.6. The van der Waals surface area contributed by atoms with Crippen LogP contribution in [0.25, 0.3) is 0 Å². The molecule has 0 aromatic carbocycles. The Balaban J connectivity index is 2.18. The quantitative estimate of drug-likeness (QED) is 0.482. The highest BCUT2D eigenvalue weighted by Crippen LogP contribution is 2.24. The Morgan fingerprint density at radius 3 is 2.50 bits per heavy atom. The SMILES string of the molecule is CCOc1nc(NN)nc(N(C)C2CCCCCC2)n1. The highest BCUT2D eigenvalue weighted by atomic mass is 16.5. The summed E-state index contributed by atoms with van der Waals surface area (Å²) in [5, 5.41) is 0. The monoisotopic (exact) mass is 280 g/mol. The Labute approximate surface area is 119 Å². The number of aromatic nitrogens is 3. The summed E-state index contributed by atoms with van der Waals surface area (Å²) in [7, 11) is 2.03. The summed E-state index contributed by atoms with van der Waals surface area (Å²) in [6.45, 7) is 2.41. The fourth-order valence-corrected chi connectivity index (χ4v) is 2.57. The largest absolute Gasteiger partial charge is 0.464 e. The van der Waals surface area contributed by atoms with Crippen molar-refractivity contribution in [1.82, 2.24) is 15.0 Å². The van der Waals surface area contributed by atoms with Crippen LogP contribution < -0.4 is 20.9 Å². The van der Waals surface area contributed by atoms with Gasteiger partial charge in [-0.3, -0.25) is 5.43 Å². The molecule has 0 bridgehead atoms. The molecule has 7 heteroatoms. The molecule has 1 fully saturated rings. The van der Waals surface area contributed by atoms with Gasteiger partial charge < -0.3 is 9.64 Å². The maximum atomic E-state index is 5.41. The zero-order valence-corrected chi connectivity index (χ0v) is 12.3. The van der Waals surface area contributed by atoms with Gasteiger partial charge in [-0.1, -0.05) is 25.7 Å². The van der Waals surface area contributed by atoms with Crippen molar-refractivity contribution < 1.29 is 4.74 Å². The number of ether oxygens (including phenoxy) is 1. The molecular formula is C13H24N6O. The maximum absolute atomic E-state index is 5.41. The highest BCUT2D eigenvalue weighted by Gasteiger charge is 2.20. The Kier molecular flexibility index (Phi) is 5.34. The molecule has 0 aliphatic heterocycles. The third-order valence-corrected chi connectivity index (χ3v) is 3.69. The van der Waals surface area contributed by atoms with Gasteiger partial charge in [-0.05, 0) is 19.8 Å². The standard InChI is InChI=1S/C13H24N6O/c1-3-20-13-16-11(18-14)15-12(17-13)19(2)10-8-6-4-5-7-9-10/h10H,3-9,14H2,1-2H3,(H,15,16,17,18). The van der Waals surface area contributed by atoms with Crippen molar-refractivity contribution in [2.75, 3.05) is 24.0 Å². The van der Waals surface area contributed by atoms with Gasteiger partial charge in [-0.25, -0.2) is 5.84 Å². The number of hydrogen-bond acceptors (Lipinski definition) is 7. The van der Waals surface area contributed by atoms with Crippen LogP contribution in [0.1, 0.15) is 45.4 Å². The van der Waals surface area contributed by atoms with E-state index in [1.165, 1.54) is 38.5 Å². The molecule has 0 atom stereocenters. The Morgan fingerprint density at radius 2 is 1.90 bits per heavy atom. The summed E-state index contributed by atoms with van der Waals surface area (Å²) in [6.07, 6.45) is 7.53. The van der Waals surface area contributed by atoms with Gasteiger partial charge in [0.15, 0.2) is 0 Å². The molecule has 1 aliphatic rings. The van der Waals surface area contributed by atoms with Crippen LogP contribution >= 0.6 is 0 Å². The second-order valence-corrected chi connectivity index (χ2v) is 5.08. The molecule has 0 unspecified atom stereocenters. The van der Waals surface area contributed by atoms with Crippen molar-refractivity contribution in [3.05, 3.63) is 0 Å². The van der Waals surface area contributed by atoms with E-state index < -0.39 is 0 Å². The fourth-order valence-electron chi connectivity index (χ4n) is 2.57. The minimum absolute atomic E-state index is 0.311. The lowest BCUT2D eigenvalue weighted by atomic mass is 10.1. The van der Waals surface area contributed by atoms with Crippen LogP contribution in [0.3, 0.4) is 0 Å². The second-order valence-electron chi connectivity index (χ2n) is 5.08. The van der Waals surface area contributed by atoms with E-state index in [0.717, 1.165) is 0 Å². The van der Waals surface area contributed by atoms with Crippen molar-refractivity contribution in [3.63, 3.8) is 0 Å². The van der Waals surface area contributed by atoms with E-state index in [1.54, 1.807) is 0 Å². The third-order valence-electron chi connectivity index (χ3n) is 3.69. The van der Waals surface area contributed by atoms with E-state index in [-0.39, 0.29) is 0 Å². The van der Waals surface area contributed by atoms with Gasteiger partial charge in [-0.15, -0.1) is 0 Å². The average molecular weight is 280 g/mol. The van der Waals surface area contributed by atoms with E-state index in [0.29, 0.717) is 30.6 Å². The molecule has 3 N–H and O–H groups in total. The van der Waals surface area contributed by atoms with Crippen LogP contribution in [0, 0.1) is 0 Å². The van der Waals surface area contributed by atoms with Gasteiger partial charge in [0.25, 0.3) is 0 Å². The molecule has 1 aromatic heterocycles. The Morgan fingerprint density at radius 1 is 1.20 bits per heavy atom. The van der Waals surface area contributed by atoms with Crippen molar-refractivity contribution in [3.8, 4) is 6.01 Å². The van der Waals surface area contributed by atoms with Crippen LogP contribution in [0.4, 0.5) is 11.9 Å². The molecule has 1 heterocycles. The molecular weight excluding hydrogens is 256 g/mol. The Bertz CT molecular complexity index is 419. The van der Waals surface area contributed by atoms with Gasteiger partial charge in [0.05, 0.1) is 6.61 Å². The minimum Gasteiger partial charge on any atom is -0.464 e. The molecule has 112 valence electrons. The zero-order chi connectivity index (χ0) is 14.4. The Hall–Kier alpha value is -1.63. The average Bonchev–Trinajstić information content (AvgIpc) is 2.75. The van der Waals surface area contributed by atoms with Crippen LogP contribution in [-0.4, -0.2) is 34.6 Å². The first-order valence-electron chi connectivity index (χ1n) is 7.33. The number of nitrogens with two attached hydrogens (primary N) is 1. The molecule has 0 radical (unpaired) electrons. The highest BCUT2D eigenvalue weighted by molar-refractivity contribution is 5.38. The van der Waals surface area contributed by atoms with Gasteiger partial charge in [0.2, 0.25) is 11.9 Å².